The van der Waals surface area contributed by atoms with Gasteiger partial charge in [0.1, 0.15) is 0 Å². The second-order valence-corrected chi connectivity index (χ2v) is 6.79. The van der Waals surface area contributed by atoms with E-state index in [2.05, 4.69) is 61.4 Å². The average Bonchev–Trinajstić information content (AvgIpc) is 2.40. The van der Waals surface area contributed by atoms with Crippen LogP contribution < -0.4 is 10.2 Å². The van der Waals surface area contributed by atoms with Crippen LogP contribution in [0.2, 0.25) is 5.02 Å². The Labute approximate surface area is 134 Å². The minimum Gasteiger partial charge on any atom is -0.373 e. The van der Waals surface area contributed by atoms with E-state index in [9.17, 15) is 0 Å². The first-order valence-electron chi connectivity index (χ1n) is 7.86. The summed E-state index contributed by atoms with van der Waals surface area (Å²) < 4.78 is 0. The molecule has 0 unspecified atom stereocenters. The minimum atomic E-state index is 0.337. The summed E-state index contributed by atoms with van der Waals surface area (Å²) >= 11 is 6.41. The van der Waals surface area contributed by atoms with E-state index in [1.807, 2.05) is 0 Å². The molecule has 0 atom stereocenters. The number of hydrogen-bond acceptors (Lipinski definition) is 3. The van der Waals surface area contributed by atoms with E-state index in [4.69, 9.17) is 11.6 Å². The van der Waals surface area contributed by atoms with Gasteiger partial charge in [0.15, 0.2) is 0 Å². The molecule has 2 rings (SSSR count). The lowest BCUT2D eigenvalue weighted by atomic mass is 9.75. The molecule has 0 spiro atoms. The van der Waals surface area contributed by atoms with E-state index in [0.29, 0.717) is 5.54 Å². The molecule has 0 radical (unpaired) electrons. The van der Waals surface area contributed by atoms with Crippen LogP contribution in [-0.4, -0.2) is 44.7 Å². The molecule has 0 amide bonds. The number of halogens is 1. The van der Waals surface area contributed by atoms with Crippen LogP contribution in [0.3, 0.4) is 0 Å². The van der Waals surface area contributed by atoms with Gasteiger partial charge in [-0.2, -0.15) is 0 Å². The van der Waals surface area contributed by atoms with Crippen molar-refractivity contribution in [3.05, 3.63) is 28.8 Å². The van der Waals surface area contributed by atoms with Gasteiger partial charge in [0.2, 0.25) is 0 Å². The summed E-state index contributed by atoms with van der Waals surface area (Å²) in [7, 11) is 6.55. The van der Waals surface area contributed by atoms with Gasteiger partial charge in [-0.3, -0.25) is 0 Å². The van der Waals surface area contributed by atoms with Crippen molar-refractivity contribution in [2.75, 3.05) is 39.1 Å². The first-order valence-corrected chi connectivity index (χ1v) is 8.24. The lowest BCUT2D eigenvalue weighted by molar-refractivity contribution is 0.0683. The molecule has 0 saturated heterocycles. The Bertz CT molecular complexity index is 469. The second kappa shape index (κ2) is 6.99. The highest BCUT2D eigenvalue weighted by molar-refractivity contribution is 6.31. The van der Waals surface area contributed by atoms with E-state index in [0.717, 1.165) is 24.7 Å². The zero-order valence-corrected chi connectivity index (χ0v) is 14.5. The lowest BCUT2D eigenvalue weighted by Crippen LogP contribution is -2.56. The van der Waals surface area contributed by atoms with Crippen LogP contribution in [0.4, 0.5) is 5.69 Å². The Balaban J connectivity index is 2.05. The topological polar surface area (TPSA) is 18.5 Å². The van der Waals surface area contributed by atoms with Crippen molar-refractivity contribution in [2.24, 2.45) is 0 Å². The van der Waals surface area contributed by atoms with Crippen molar-refractivity contribution in [1.29, 1.82) is 0 Å². The third kappa shape index (κ3) is 3.71. The molecule has 1 aliphatic rings. The Kier molecular flexibility index (Phi) is 5.53. The van der Waals surface area contributed by atoms with Gasteiger partial charge in [0.05, 0.1) is 0 Å². The normalized spacial score (nSPS) is 16.9. The van der Waals surface area contributed by atoms with Crippen LogP contribution in [0.15, 0.2) is 18.2 Å². The predicted octanol–water partition coefficient (Wildman–Crippen LogP) is 3.37. The third-order valence-corrected chi connectivity index (χ3v) is 5.16. The van der Waals surface area contributed by atoms with Crippen molar-refractivity contribution in [1.82, 2.24) is 10.2 Å². The highest BCUT2D eigenvalue weighted by Gasteiger charge is 2.39. The number of anilines is 1. The summed E-state index contributed by atoms with van der Waals surface area (Å²) in [6.45, 7) is 4.96. The monoisotopic (exact) mass is 309 g/mol. The fourth-order valence-electron chi connectivity index (χ4n) is 3.04. The number of likely N-dealkylation sites (N-methyl/N-ethyl adjacent to an activating group) is 2. The van der Waals surface area contributed by atoms with Gasteiger partial charge in [0.25, 0.3) is 0 Å². The second-order valence-electron chi connectivity index (χ2n) is 6.38. The van der Waals surface area contributed by atoms with Crippen LogP contribution >= 0.6 is 11.6 Å². The molecule has 1 aromatic rings. The highest BCUT2D eigenvalue weighted by atomic mass is 35.5. The molecule has 1 aliphatic carbocycles. The summed E-state index contributed by atoms with van der Waals surface area (Å²) in [5, 5.41) is 4.18. The van der Waals surface area contributed by atoms with Gasteiger partial charge in [0, 0.05) is 36.4 Å². The number of hydrogen-bond donors (Lipinski definition) is 1. The number of nitrogens with one attached hydrogen (secondary N) is 1. The summed E-state index contributed by atoms with van der Waals surface area (Å²) in [6.07, 6.45) is 3.92. The van der Waals surface area contributed by atoms with Crippen LogP contribution in [0, 0.1) is 0 Å². The van der Waals surface area contributed by atoms with Crippen molar-refractivity contribution in [3.8, 4) is 0 Å². The van der Waals surface area contributed by atoms with Gasteiger partial charge >= 0.3 is 0 Å². The molecule has 1 saturated carbocycles. The van der Waals surface area contributed by atoms with Gasteiger partial charge < -0.3 is 15.1 Å². The molecule has 0 heterocycles. The fourth-order valence-corrected chi connectivity index (χ4v) is 3.28. The number of rotatable bonds is 7. The molecule has 0 aliphatic heterocycles. The van der Waals surface area contributed by atoms with E-state index in [1.54, 1.807) is 0 Å². The summed E-state index contributed by atoms with van der Waals surface area (Å²) in [6, 6.07) is 6.41. The molecule has 1 N–H and O–H groups in total. The molecule has 3 nitrogen and oxygen atoms in total. The van der Waals surface area contributed by atoms with Crippen molar-refractivity contribution >= 4 is 17.3 Å². The Morgan fingerprint density at radius 3 is 2.43 bits per heavy atom. The maximum Gasteiger partial charge on any atom is 0.0471 e. The molecule has 118 valence electrons. The molecule has 4 heteroatoms. The molecule has 1 aromatic carbocycles. The molecule has 21 heavy (non-hydrogen) atoms. The van der Waals surface area contributed by atoms with Crippen LogP contribution in [0.1, 0.15) is 31.7 Å². The summed E-state index contributed by atoms with van der Waals surface area (Å²) in [5.41, 5.74) is 2.71. The first-order chi connectivity index (χ1) is 9.98. The average molecular weight is 310 g/mol. The zero-order chi connectivity index (χ0) is 15.5. The molecule has 1 fully saturated rings. The molecular weight excluding hydrogens is 282 g/mol. The smallest absolute Gasteiger partial charge is 0.0471 e. The maximum atomic E-state index is 6.41. The maximum absolute atomic E-state index is 6.41. The summed E-state index contributed by atoms with van der Waals surface area (Å²) in [5.74, 6) is 0. The molecule has 0 aromatic heterocycles. The molecule has 0 bridgehead atoms. The first kappa shape index (κ1) is 16.6. The van der Waals surface area contributed by atoms with Crippen molar-refractivity contribution in [2.45, 2.75) is 38.3 Å². The number of nitrogens with zero attached hydrogens (tertiary/aromatic N) is 2. The van der Waals surface area contributed by atoms with Crippen molar-refractivity contribution < 1.29 is 0 Å². The SMILES string of the molecule is CCNCc1ccc(N(C)CC2(N(C)C)CCC2)cc1Cl. The Hall–Kier alpha value is -0.770. The fraction of sp³-hybridized carbons (Fsp3) is 0.647. The Morgan fingerprint density at radius 1 is 1.24 bits per heavy atom. The predicted molar refractivity (Wildman–Crippen MR) is 92.4 cm³/mol. The zero-order valence-electron chi connectivity index (χ0n) is 13.7. The van der Waals surface area contributed by atoms with Crippen LogP contribution in [0.25, 0.3) is 0 Å². The van der Waals surface area contributed by atoms with Crippen molar-refractivity contribution in [3.63, 3.8) is 0 Å². The van der Waals surface area contributed by atoms with E-state index in [1.165, 1.54) is 30.5 Å². The highest BCUT2D eigenvalue weighted by Crippen LogP contribution is 2.37. The lowest BCUT2D eigenvalue weighted by Gasteiger charge is -2.49. The third-order valence-electron chi connectivity index (χ3n) is 4.81. The van der Waals surface area contributed by atoms with E-state index < -0.39 is 0 Å². The number of benzene rings is 1. The quantitative estimate of drug-likeness (QED) is 0.833. The van der Waals surface area contributed by atoms with Crippen LogP contribution in [-0.2, 0) is 6.54 Å². The van der Waals surface area contributed by atoms with Gasteiger partial charge in [-0.1, -0.05) is 24.6 Å². The Morgan fingerprint density at radius 2 is 1.95 bits per heavy atom. The summed E-state index contributed by atoms with van der Waals surface area (Å²) in [4.78, 5) is 4.72. The van der Waals surface area contributed by atoms with Crippen LogP contribution in [0.5, 0.6) is 0 Å². The van der Waals surface area contributed by atoms with E-state index >= 15 is 0 Å². The van der Waals surface area contributed by atoms with Gasteiger partial charge in [-0.15, -0.1) is 0 Å². The standard InChI is InChI=1S/C17H28ClN3/c1-5-19-12-14-7-8-15(11-16(14)18)21(4)13-17(20(2)3)9-6-10-17/h7-8,11,19H,5-6,9-10,12-13H2,1-4H3. The van der Waals surface area contributed by atoms with E-state index in [-0.39, 0.29) is 0 Å². The van der Waals surface area contributed by atoms with Gasteiger partial charge in [-0.05, 0) is 57.6 Å². The minimum absolute atomic E-state index is 0.337. The van der Waals surface area contributed by atoms with Gasteiger partial charge in [-0.25, -0.2) is 0 Å². The largest absolute Gasteiger partial charge is 0.373 e. The molecular formula is C17H28ClN3.